The van der Waals surface area contributed by atoms with Gasteiger partial charge >= 0.3 is 0 Å². The van der Waals surface area contributed by atoms with Gasteiger partial charge in [0, 0.05) is 10.3 Å². The van der Waals surface area contributed by atoms with Crippen molar-refractivity contribution < 1.29 is 13.7 Å². The second-order valence-electron chi connectivity index (χ2n) is 5.35. The molecule has 0 fully saturated rings. The van der Waals surface area contributed by atoms with E-state index in [4.69, 9.17) is 9.47 Å². The lowest BCUT2D eigenvalue weighted by Crippen LogP contribution is -1.99. The van der Waals surface area contributed by atoms with Crippen molar-refractivity contribution in [2.24, 2.45) is 0 Å². The molecule has 126 valence electrons. The van der Waals surface area contributed by atoms with Crippen LogP contribution in [0.3, 0.4) is 0 Å². The smallest absolute Gasteiger partial charge is 0.118 e. The van der Waals surface area contributed by atoms with Gasteiger partial charge in [0.2, 0.25) is 0 Å². The van der Waals surface area contributed by atoms with E-state index >= 15 is 0 Å². The average molecular weight is 342 g/mol. The molecule has 4 heteroatoms. The zero-order chi connectivity index (χ0) is 17.4. The Morgan fingerprint density at radius 2 is 1.79 bits per heavy atom. The molecule has 1 atom stereocenters. The largest absolute Gasteiger partial charge is 0.497 e. The highest BCUT2D eigenvalue weighted by Crippen LogP contribution is 2.14. The van der Waals surface area contributed by atoms with Crippen molar-refractivity contribution in [1.82, 2.24) is 0 Å². The number of ether oxygens (including phenoxy) is 2. The molecule has 0 aliphatic rings. The van der Waals surface area contributed by atoms with Crippen LogP contribution in [-0.4, -0.2) is 17.9 Å². The molecule has 3 nitrogen and oxygen atoms in total. The maximum absolute atomic E-state index is 12.3. The zero-order valence-electron chi connectivity index (χ0n) is 14.0. The Labute approximate surface area is 146 Å². The third-order valence-electron chi connectivity index (χ3n) is 3.47. The number of benzene rings is 2. The van der Waals surface area contributed by atoms with Crippen LogP contribution >= 0.6 is 0 Å². The fourth-order valence-corrected chi connectivity index (χ4v) is 3.01. The minimum Gasteiger partial charge on any atom is -0.497 e. The second-order valence-corrected chi connectivity index (χ2v) is 6.65. The van der Waals surface area contributed by atoms with E-state index in [1.54, 1.807) is 18.6 Å². The van der Waals surface area contributed by atoms with Gasteiger partial charge in [-0.05, 0) is 42.3 Å². The summed E-state index contributed by atoms with van der Waals surface area (Å²) in [5.41, 5.74) is 3.01. The molecule has 0 radical (unpaired) electrons. The molecule has 0 aromatic heterocycles. The molecule has 0 saturated carbocycles. The molecule has 24 heavy (non-hydrogen) atoms. The summed E-state index contributed by atoms with van der Waals surface area (Å²) < 4.78 is 23.2. The minimum atomic E-state index is -1.20. The third kappa shape index (κ3) is 5.48. The molecule has 0 heterocycles. The van der Waals surface area contributed by atoms with E-state index in [1.807, 2.05) is 55.5 Å². The van der Waals surface area contributed by atoms with Crippen LogP contribution in [0, 0.1) is 6.92 Å². The Morgan fingerprint density at radius 3 is 2.38 bits per heavy atom. The van der Waals surface area contributed by atoms with Crippen LogP contribution in [0.5, 0.6) is 5.75 Å². The van der Waals surface area contributed by atoms with Gasteiger partial charge in [-0.15, -0.1) is 0 Å². The predicted octanol–water partition coefficient (Wildman–Crippen LogP) is 4.40. The molecule has 2 aromatic carbocycles. The lowest BCUT2D eigenvalue weighted by Gasteiger charge is -2.07. The highest BCUT2D eigenvalue weighted by atomic mass is 32.2. The van der Waals surface area contributed by atoms with Gasteiger partial charge in [-0.25, -0.2) is 4.21 Å². The fourth-order valence-electron chi connectivity index (χ4n) is 2.03. The molecule has 0 amide bonds. The average Bonchev–Trinajstić information content (AvgIpc) is 2.61. The summed E-state index contributed by atoms with van der Waals surface area (Å²) in [6.07, 6.45) is 1.68. The van der Waals surface area contributed by atoms with Crippen LogP contribution < -0.4 is 4.74 Å². The van der Waals surface area contributed by atoms with E-state index < -0.39 is 10.8 Å². The van der Waals surface area contributed by atoms with Crippen LogP contribution in [0.2, 0.25) is 0 Å². The van der Waals surface area contributed by atoms with Crippen molar-refractivity contribution in [3.8, 4) is 5.75 Å². The third-order valence-corrected chi connectivity index (χ3v) is 4.72. The fraction of sp³-hybridized carbons (Fsp3) is 0.200. The molecule has 0 saturated heterocycles. The molecular formula is C20H22O3S. The maximum Gasteiger partial charge on any atom is 0.118 e. The number of aryl methyl sites for hydroxylation is 1. The summed E-state index contributed by atoms with van der Waals surface area (Å²) in [5, 5.41) is 1.69. The van der Waals surface area contributed by atoms with Gasteiger partial charge in [0.25, 0.3) is 0 Å². The molecule has 0 bridgehead atoms. The Kier molecular flexibility index (Phi) is 6.97. The summed E-state index contributed by atoms with van der Waals surface area (Å²) in [6, 6.07) is 15.4. The highest BCUT2D eigenvalue weighted by molar-refractivity contribution is 7.88. The van der Waals surface area contributed by atoms with Crippen molar-refractivity contribution in [1.29, 1.82) is 0 Å². The summed E-state index contributed by atoms with van der Waals surface area (Å²) in [4.78, 5) is 0.773. The molecule has 2 rings (SSSR count). The van der Waals surface area contributed by atoms with E-state index in [-0.39, 0.29) is 0 Å². The van der Waals surface area contributed by atoms with Gasteiger partial charge < -0.3 is 9.47 Å². The highest BCUT2D eigenvalue weighted by Gasteiger charge is 2.03. The zero-order valence-corrected chi connectivity index (χ0v) is 14.8. The molecule has 0 aliphatic carbocycles. The van der Waals surface area contributed by atoms with Gasteiger partial charge in [-0.1, -0.05) is 42.5 Å². The van der Waals surface area contributed by atoms with Crippen molar-refractivity contribution in [2.45, 2.75) is 18.4 Å². The molecule has 2 aromatic rings. The van der Waals surface area contributed by atoms with Crippen LogP contribution in [0.4, 0.5) is 0 Å². The van der Waals surface area contributed by atoms with Crippen LogP contribution in [-0.2, 0) is 22.1 Å². The van der Waals surface area contributed by atoms with Crippen molar-refractivity contribution >= 4 is 10.8 Å². The van der Waals surface area contributed by atoms with Crippen molar-refractivity contribution in [3.05, 3.63) is 83.3 Å². The first-order valence-corrected chi connectivity index (χ1v) is 8.84. The first kappa shape index (κ1) is 18.2. The molecule has 0 aliphatic heterocycles. The van der Waals surface area contributed by atoms with Crippen molar-refractivity contribution in [3.63, 3.8) is 0 Å². The number of hydrogen-bond acceptors (Lipinski definition) is 3. The maximum atomic E-state index is 12.3. The second kappa shape index (κ2) is 9.21. The summed E-state index contributed by atoms with van der Waals surface area (Å²) in [6.45, 7) is 6.62. The van der Waals surface area contributed by atoms with E-state index in [2.05, 4.69) is 6.58 Å². The lowest BCUT2D eigenvalue weighted by molar-refractivity contribution is 0.144. The van der Waals surface area contributed by atoms with Crippen LogP contribution in [0.1, 0.15) is 11.1 Å². The standard InChI is InChI=1S/C20H22O3S/c1-4-17(15-24(21)20-11-5-16(2)6-12-20)13-23-14-18-7-9-19(22-3)10-8-18/h4-12,15H,1,13-14H2,2-3H3/b17-15-/t24-/m0/s1. The topological polar surface area (TPSA) is 35.5 Å². The first-order chi connectivity index (χ1) is 11.6. The van der Waals surface area contributed by atoms with Crippen LogP contribution in [0.15, 0.2) is 77.1 Å². The van der Waals surface area contributed by atoms with Gasteiger partial charge in [-0.2, -0.15) is 0 Å². The Balaban J connectivity index is 1.91. The van der Waals surface area contributed by atoms with Gasteiger partial charge in [0.15, 0.2) is 0 Å². The Hall–Kier alpha value is -2.17. The monoisotopic (exact) mass is 342 g/mol. The SMILES string of the molecule is C=C/C(=C/[S@](=O)c1ccc(C)cc1)COCc1ccc(OC)cc1. The molecule has 0 unspecified atom stereocenters. The van der Waals surface area contributed by atoms with Crippen LogP contribution in [0.25, 0.3) is 0 Å². The van der Waals surface area contributed by atoms with E-state index in [0.29, 0.717) is 13.2 Å². The summed E-state index contributed by atoms with van der Waals surface area (Å²) in [7, 11) is 0.436. The first-order valence-electron chi connectivity index (χ1n) is 7.63. The van der Waals surface area contributed by atoms with Gasteiger partial charge in [0.05, 0.1) is 31.1 Å². The van der Waals surface area contributed by atoms with E-state index in [9.17, 15) is 4.21 Å². The number of hydrogen-bond donors (Lipinski definition) is 0. The Morgan fingerprint density at radius 1 is 1.12 bits per heavy atom. The molecular weight excluding hydrogens is 320 g/mol. The number of methoxy groups -OCH3 is 1. The van der Waals surface area contributed by atoms with Crippen molar-refractivity contribution in [2.75, 3.05) is 13.7 Å². The molecule has 0 spiro atoms. The minimum absolute atomic E-state index is 0.368. The quantitative estimate of drug-likeness (QED) is 0.667. The predicted molar refractivity (Wildman–Crippen MR) is 98.5 cm³/mol. The van der Waals surface area contributed by atoms with Gasteiger partial charge in [0.1, 0.15) is 5.75 Å². The van der Waals surface area contributed by atoms with E-state index in [0.717, 1.165) is 27.3 Å². The lowest BCUT2D eigenvalue weighted by atomic mass is 10.2. The normalized spacial score (nSPS) is 12.7. The van der Waals surface area contributed by atoms with E-state index in [1.165, 1.54) is 0 Å². The van der Waals surface area contributed by atoms with Gasteiger partial charge in [-0.3, -0.25) is 0 Å². The summed E-state index contributed by atoms with van der Waals surface area (Å²) >= 11 is 0. The summed E-state index contributed by atoms with van der Waals surface area (Å²) in [5.74, 6) is 0.818. The molecule has 0 N–H and O–H groups in total. The number of rotatable bonds is 8. The Bertz CT molecular complexity index is 716.